The molecule has 1 N–H and O–H groups in total. The van der Waals surface area contributed by atoms with Gasteiger partial charge in [-0.3, -0.25) is 4.79 Å². The number of aliphatic hydroxyl groups excluding tert-OH is 1. The zero-order chi connectivity index (χ0) is 12.8. The molecule has 0 aliphatic heterocycles. The topological polar surface area (TPSA) is 77.9 Å². The lowest BCUT2D eigenvalue weighted by Gasteiger charge is -2.14. The van der Waals surface area contributed by atoms with Crippen molar-refractivity contribution in [3.63, 3.8) is 0 Å². The second kappa shape index (κ2) is 6.05. The van der Waals surface area contributed by atoms with Gasteiger partial charge in [-0.05, 0) is 0 Å². The van der Waals surface area contributed by atoms with Crippen molar-refractivity contribution in [3.8, 4) is 11.6 Å². The molecule has 17 heavy (non-hydrogen) atoms. The third-order valence-electron chi connectivity index (χ3n) is 2.25. The number of ether oxygens (including phenoxy) is 3. The van der Waals surface area contributed by atoms with E-state index < -0.39 is 12.1 Å². The quantitative estimate of drug-likeness (QED) is 0.764. The Balaban J connectivity index is 2.96. The maximum atomic E-state index is 11.1. The molecule has 0 aliphatic rings. The first kappa shape index (κ1) is 13.2. The normalized spacial score (nSPS) is 11.8. The van der Waals surface area contributed by atoms with E-state index in [1.807, 2.05) is 0 Å². The first-order valence-electron chi connectivity index (χ1n) is 4.95. The smallest absolute Gasteiger partial charge is 0.308 e. The summed E-state index contributed by atoms with van der Waals surface area (Å²) in [4.78, 5) is 15.0. The highest BCUT2D eigenvalue weighted by Gasteiger charge is 2.18. The first-order valence-corrected chi connectivity index (χ1v) is 4.95. The third kappa shape index (κ3) is 3.32. The Morgan fingerprint density at radius 1 is 1.41 bits per heavy atom. The fourth-order valence-corrected chi connectivity index (χ4v) is 1.33. The molecule has 0 saturated carbocycles. The van der Waals surface area contributed by atoms with Crippen molar-refractivity contribution < 1.29 is 24.1 Å². The molecule has 6 heteroatoms. The van der Waals surface area contributed by atoms with Gasteiger partial charge >= 0.3 is 5.97 Å². The number of aromatic nitrogens is 1. The average molecular weight is 241 g/mol. The molecule has 6 nitrogen and oxygen atoms in total. The van der Waals surface area contributed by atoms with Gasteiger partial charge in [-0.2, -0.15) is 0 Å². The molecule has 1 heterocycles. The van der Waals surface area contributed by atoms with E-state index in [-0.39, 0.29) is 6.42 Å². The van der Waals surface area contributed by atoms with Gasteiger partial charge in [0.2, 0.25) is 5.88 Å². The van der Waals surface area contributed by atoms with Crippen LogP contribution in [-0.2, 0) is 9.53 Å². The summed E-state index contributed by atoms with van der Waals surface area (Å²) in [6.45, 7) is 0. The van der Waals surface area contributed by atoms with Crippen LogP contribution in [0, 0.1) is 0 Å². The van der Waals surface area contributed by atoms with Crippen LogP contribution in [0.5, 0.6) is 11.6 Å². The van der Waals surface area contributed by atoms with E-state index >= 15 is 0 Å². The van der Waals surface area contributed by atoms with Crippen molar-refractivity contribution in [2.24, 2.45) is 0 Å². The number of carbonyl (C=O) groups is 1. The third-order valence-corrected chi connectivity index (χ3v) is 2.25. The number of nitrogens with zero attached hydrogens (tertiary/aromatic N) is 1. The highest BCUT2D eigenvalue weighted by atomic mass is 16.5. The van der Waals surface area contributed by atoms with Gasteiger partial charge < -0.3 is 19.3 Å². The molecule has 94 valence electrons. The molecule has 1 aromatic heterocycles. The summed E-state index contributed by atoms with van der Waals surface area (Å²) >= 11 is 0. The number of hydrogen-bond acceptors (Lipinski definition) is 6. The fourth-order valence-electron chi connectivity index (χ4n) is 1.33. The maximum Gasteiger partial charge on any atom is 0.308 e. The van der Waals surface area contributed by atoms with Gasteiger partial charge in [0.25, 0.3) is 0 Å². The Labute approximate surface area is 99.1 Å². The summed E-state index contributed by atoms with van der Waals surface area (Å²) in [5, 5.41) is 9.89. The van der Waals surface area contributed by atoms with Crippen molar-refractivity contribution in [1.29, 1.82) is 0 Å². The summed E-state index contributed by atoms with van der Waals surface area (Å²) < 4.78 is 14.5. The van der Waals surface area contributed by atoms with E-state index in [4.69, 9.17) is 9.47 Å². The summed E-state index contributed by atoms with van der Waals surface area (Å²) in [5.74, 6) is 0.224. The molecule has 1 aromatic rings. The molecular weight excluding hydrogens is 226 g/mol. The summed E-state index contributed by atoms with van der Waals surface area (Å²) in [6, 6.07) is 1.52. The lowest BCUT2D eigenvalue weighted by atomic mass is 10.1. The van der Waals surface area contributed by atoms with Gasteiger partial charge in [0.15, 0.2) is 0 Å². The Bertz CT molecular complexity index is 393. The number of carbonyl (C=O) groups excluding carboxylic acids is 1. The predicted molar refractivity (Wildman–Crippen MR) is 58.9 cm³/mol. The zero-order valence-electron chi connectivity index (χ0n) is 9.97. The fraction of sp³-hybridized carbons (Fsp3) is 0.455. The number of hydrogen-bond donors (Lipinski definition) is 1. The monoisotopic (exact) mass is 241 g/mol. The highest BCUT2D eigenvalue weighted by molar-refractivity contribution is 5.70. The van der Waals surface area contributed by atoms with E-state index in [9.17, 15) is 9.90 Å². The Hall–Kier alpha value is -1.82. The second-order valence-electron chi connectivity index (χ2n) is 3.26. The van der Waals surface area contributed by atoms with E-state index in [1.165, 1.54) is 33.6 Å². The minimum atomic E-state index is -1.02. The second-order valence-corrected chi connectivity index (χ2v) is 3.26. The van der Waals surface area contributed by atoms with Crippen LogP contribution >= 0.6 is 0 Å². The minimum Gasteiger partial charge on any atom is -0.495 e. The molecule has 0 amide bonds. The predicted octanol–water partition coefficient (Wildman–Crippen LogP) is 0.695. The number of rotatable bonds is 5. The van der Waals surface area contributed by atoms with Crippen LogP contribution in [0.1, 0.15) is 18.1 Å². The van der Waals surface area contributed by atoms with E-state index in [2.05, 4.69) is 9.72 Å². The van der Waals surface area contributed by atoms with Crippen LogP contribution < -0.4 is 9.47 Å². The first-order chi connectivity index (χ1) is 8.12. The molecule has 1 atom stereocenters. The average Bonchev–Trinajstić information content (AvgIpc) is 2.37. The lowest BCUT2D eigenvalue weighted by Crippen LogP contribution is -2.09. The Kier molecular flexibility index (Phi) is 4.71. The van der Waals surface area contributed by atoms with Crippen LogP contribution in [0.2, 0.25) is 0 Å². The summed E-state index contributed by atoms with van der Waals surface area (Å²) in [6.07, 6.45) is 0.253. The number of pyridine rings is 1. The van der Waals surface area contributed by atoms with E-state index in [0.717, 1.165) is 0 Å². The van der Waals surface area contributed by atoms with Crippen LogP contribution in [0.25, 0.3) is 0 Å². The van der Waals surface area contributed by atoms with Crippen molar-refractivity contribution in [2.45, 2.75) is 12.5 Å². The van der Waals surface area contributed by atoms with Gasteiger partial charge in [0.1, 0.15) is 5.75 Å². The molecular formula is C11H15NO5. The molecule has 1 rings (SSSR count). The van der Waals surface area contributed by atoms with Gasteiger partial charge in [-0.15, -0.1) is 0 Å². The van der Waals surface area contributed by atoms with Crippen LogP contribution in [0.4, 0.5) is 0 Å². The largest absolute Gasteiger partial charge is 0.495 e. The zero-order valence-corrected chi connectivity index (χ0v) is 9.97. The number of esters is 1. The SMILES string of the molecule is COC(=O)C[C@@H](O)c1cc(OC)ncc1OC. The molecule has 0 aliphatic carbocycles. The van der Waals surface area contributed by atoms with Gasteiger partial charge in [-0.1, -0.05) is 0 Å². The molecule has 0 aromatic carbocycles. The van der Waals surface area contributed by atoms with Gasteiger partial charge in [0, 0.05) is 11.6 Å². The maximum absolute atomic E-state index is 11.1. The number of methoxy groups -OCH3 is 3. The molecule has 0 spiro atoms. The Morgan fingerprint density at radius 3 is 2.65 bits per heavy atom. The van der Waals surface area contributed by atoms with Crippen LogP contribution in [0.3, 0.4) is 0 Å². The van der Waals surface area contributed by atoms with Crippen molar-refractivity contribution >= 4 is 5.97 Å². The van der Waals surface area contributed by atoms with Gasteiger partial charge in [-0.25, -0.2) is 4.98 Å². The lowest BCUT2D eigenvalue weighted by molar-refractivity contribution is -0.142. The van der Waals surface area contributed by atoms with E-state index in [0.29, 0.717) is 17.2 Å². The molecule has 0 unspecified atom stereocenters. The number of aliphatic hydroxyl groups is 1. The molecule has 0 bridgehead atoms. The molecule has 0 radical (unpaired) electrons. The summed E-state index contributed by atoms with van der Waals surface area (Å²) in [7, 11) is 4.18. The van der Waals surface area contributed by atoms with E-state index in [1.54, 1.807) is 0 Å². The Morgan fingerprint density at radius 2 is 2.12 bits per heavy atom. The van der Waals surface area contributed by atoms with Crippen molar-refractivity contribution in [1.82, 2.24) is 4.98 Å². The minimum absolute atomic E-state index is 0.153. The standard InChI is InChI=1S/C11H15NO5/c1-15-9-6-12-10(16-2)4-7(9)8(13)5-11(14)17-3/h4,6,8,13H,5H2,1-3H3/t8-/m1/s1. The molecule has 0 saturated heterocycles. The molecule has 0 fully saturated rings. The summed E-state index contributed by atoms with van der Waals surface area (Å²) in [5.41, 5.74) is 0.435. The highest BCUT2D eigenvalue weighted by Crippen LogP contribution is 2.29. The van der Waals surface area contributed by atoms with Crippen LogP contribution in [-0.4, -0.2) is 37.4 Å². The van der Waals surface area contributed by atoms with Gasteiger partial charge in [0.05, 0.1) is 40.1 Å². The van der Waals surface area contributed by atoms with Crippen molar-refractivity contribution in [2.75, 3.05) is 21.3 Å². The van der Waals surface area contributed by atoms with Crippen molar-refractivity contribution in [3.05, 3.63) is 17.8 Å². The van der Waals surface area contributed by atoms with Crippen LogP contribution in [0.15, 0.2) is 12.3 Å².